The van der Waals surface area contributed by atoms with Crippen LogP contribution in [0.15, 0.2) is 23.2 Å². The number of nitrogens with zero attached hydrogens (tertiary/aromatic N) is 1. The summed E-state index contributed by atoms with van der Waals surface area (Å²) in [5.74, 6) is 0.347. The summed E-state index contributed by atoms with van der Waals surface area (Å²) in [6.45, 7) is 2.86. The summed E-state index contributed by atoms with van der Waals surface area (Å²) in [4.78, 5) is 4.28. The van der Waals surface area contributed by atoms with E-state index >= 15 is 0 Å². The van der Waals surface area contributed by atoms with Gasteiger partial charge in [0.25, 0.3) is 0 Å². The number of halogens is 2. The number of anilines is 1. The Balaban J connectivity index is 2.09. The molecule has 0 spiro atoms. The molecule has 1 aliphatic heterocycles. The van der Waals surface area contributed by atoms with E-state index in [0.29, 0.717) is 11.1 Å². The molecule has 0 fully saturated rings. The van der Waals surface area contributed by atoms with Crippen molar-refractivity contribution < 1.29 is 8.78 Å². The lowest BCUT2D eigenvalue weighted by atomic mass is 10.2. The minimum atomic E-state index is -0.595. The van der Waals surface area contributed by atoms with Crippen molar-refractivity contribution in [2.45, 2.75) is 6.92 Å². The summed E-state index contributed by atoms with van der Waals surface area (Å²) in [6.07, 6.45) is 0. The molecule has 16 heavy (non-hydrogen) atoms. The first-order chi connectivity index (χ1) is 7.65. The molecule has 1 unspecified atom stereocenters. The van der Waals surface area contributed by atoms with Crippen molar-refractivity contribution in [1.82, 2.24) is 0 Å². The Morgan fingerprint density at radius 3 is 2.88 bits per heavy atom. The lowest BCUT2D eigenvalue weighted by Gasteiger charge is -2.18. The summed E-state index contributed by atoms with van der Waals surface area (Å²) >= 11 is 1.56. The highest BCUT2D eigenvalue weighted by atomic mass is 32.2. The van der Waals surface area contributed by atoms with Gasteiger partial charge in [-0.25, -0.2) is 8.78 Å². The number of thioether (sulfide) groups is 1. The van der Waals surface area contributed by atoms with Crippen LogP contribution in [0.3, 0.4) is 0 Å². The maximum absolute atomic E-state index is 13.3. The van der Waals surface area contributed by atoms with E-state index in [1.54, 1.807) is 11.8 Å². The monoisotopic (exact) mass is 242 g/mol. The summed E-state index contributed by atoms with van der Waals surface area (Å²) in [7, 11) is 0. The van der Waals surface area contributed by atoms with Crippen LogP contribution in [0.25, 0.3) is 0 Å². The van der Waals surface area contributed by atoms with Crippen LogP contribution in [0, 0.1) is 17.6 Å². The minimum absolute atomic E-state index is 0.266. The molecule has 1 aliphatic rings. The zero-order chi connectivity index (χ0) is 11.5. The first-order valence-corrected chi connectivity index (χ1v) is 6.03. The quantitative estimate of drug-likeness (QED) is 0.818. The molecule has 2 rings (SSSR count). The molecule has 0 bridgehead atoms. The third-order valence-corrected chi connectivity index (χ3v) is 3.46. The van der Waals surface area contributed by atoms with E-state index in [-0.39, 0.29) is 5.69 Å². The average Bonchev–Trinajstić information content (AvgIpc) is 2.25. The highest BCUT2D eigenvalue weighted by Crippen LogP contribution is 2.21. The number of rotatable bonds is 1. The van der Waals surface area contributed by atoms with Gasteiger partial charge in [-0.05, 0) is 18.1 Å². The van der Waals surface area contributed by atoms with Gasteiger partial charge in [-0.3, -0.25) is 4.99 Å². The number of aliphatic imine (C=N–C) groups is 1. The molecule has 0 aliphatic carbocycles. The molecule has 0 aromatic heterocycles. The van der Waals surface area contributed by atoms with Crippen LogP contribution in [0.2, 0.25) is 0 Å². The molecule has 86 valence electrons. The van der Waals surface area contributed by atoms with Crippen LogP contribution in [0.4, 0.5) is 14.5 Å². The van der Waals surface area contributed by atoms with Gasteiger partial charge in [0.2, 0.25) is 0 Å². The summed E-state index contributed by atoms with van der Waals surface area (Å²) in [6, 6.07) is 3.47. The van der Waals surface area contributed by atoms with Crippen molar-refractivity contribution in [3.05, 3.63) is 29.8 Å². The summed E-state index contributed by atoms with van der Waals surface area (Å²) < 4.78 is 26.0. The Morgan fingerprint density at radius 2 is 2.25 bits per heavy atom. The van der Waals surface area contributed by atoms with Crippen molar-refractivity contribution in [2.75, 3.05) is 17.6 Å². The predicted molar refractivity (Wildman–Crippen MR) is 63.9 cm³/mol. The molecule has 5 heteroatoms. The van der Waals surface area contributed by atoms with Gasteiger partial charge in [0.05, 0.1) is 5.69 Å². The third-order valence-electron chi connectivity index (χ3n) is 2.22. The molecule has 1 aromatic rings. The highest BCUT2D eigenvalue weighted by Gasteiger charge is 2.13. The van der Waals surface area contributed by atoms with Crippen LogP contribution < -0.4 is 5.32 Å². The summed E-state index contributed by atoms with van der Waals surface area (Å²) in [5.41, 5.74) is 0.266. The van der Waals surface area contributed by atoms with Crippen LogP contribution in [-0.2, 0) is 0 Å². The number of hydrogen-bond acceptors (Lipinski definition) is 3. The van der Waals surface area contributed by atoms with E-state index in [9.17, 15) is 8.78 Å². The van der Waals surface area contributed by atoms with Crippen molar-refractivity contribution in [3.8, 4) is 0 Å². The second-order valence-electron chi connectivity index (χ2n) is 3.81. The Hall–Kier alpha value is -1.10. The zero-order valence-corrected chi connectivity index (χ0v) is 9.65. The molecule has 1 atom stereocenters. The van der Waals surface area contributed by atoms with E-state index in [1.165, 1.54) is 12.1 Å². The van der Waals surface area contributed by atoms with Gasteiger partial charge in [0.15, 0.2) is 5.17 Å². The number of benzene rings is 1. The largest absolute Gasteiger partial charge is 0.333 e. The number of hydrogen-bond donors (Lipinski definition) is 1. The van der Waals surface area contributed by atoms with Gasteiger partial charge in [0, 0.05) is 18.4 Å². The molecule has 0 saturated carbocycles. The van der Waals surface area contributed by atoms with Crippen molar-refractivity contribution >= 4 is 22.6 Å². The SMILES string of the molecule is CC1CN=C(Nc2ccc(F)cc2F)SC1. The van der Waals surface area contributed by atoms with E-state index in [2.05, 4.69) is 17.2 Å². The number of nitrogens with one attached hydrogen (secondary N) is 1. The fourth-order valence-corrected chi connectivity index (χ4v) is 2.24. The molecule has 1 N–H and O–H groups in total. The molecule has 1 aromatic carbocycles. The van der Waals surface area contributed by atoms with Gasteiger partial charge >= 0.3 is 0 Å². The molecule has 0 radical (unpaired) electrons. The van der Waals surface area contributed by atoms with Gasteiger partial charge in [-0.2, -0.15) is 0 Å². The van der Waals surface area contributed by atoms with E-state index < -0.39 is 11.6 Å². The first-order valence-electron chi connectivity index (χ1n) is 5.04. The minimum Gasteiger partial charge on any atom is -0.333 e. The Morgan fingerprint density at radius 1 is 1.44 bits per heavy atom. The van der Waals surface area contributed by atoms with Crippen molar-refractivity contribution in [3.63, 3.8) is 0 Å². The van der Waals surface area contributed by atoms with Gasteiger partial charge in [-0.1, -0.05) is 18.7 Å². The van der Waals surface area contributed by atoms with Gasteiger partial charge < -0.3 is 5.32 Å². The predicted octanol–water partition coefficient (Wildman–Crippen LogP) is 3.12. The van der Waals surface area contributed by atoms with Crippen LogP contribution in [0.1, 0.15) is 6.92 Å². The molecular formula is C11H12F2N2S. The normalized spacial score (nSPS) is 20.4. The average molecular weight is 242 g/mol. The van der Waals surface area contributed by atoms with E-state index in [4.69, 9.17) is 0 Å². The first kappa shape index (κ1) is 11.4. The molecule has 2 nitrogen and oxygen atoms in total. The Bertz CT molecular complexity index is 420. The van der Waals surface area contributed by atoms with Crippen molar-refractivity contribution in [1.29, 1.82) is 0 Å². The molecule has 1 heterocycles. The van der Waals surface area contributed by atoms with Gasteiger partial charge in [0.1, 0.15) is 11.6 Å². The maximum Gasteiger partial charge on any atom is 0.161 e. The van der Waals surface area contributed by atoms with Gasteiger partial charge in [-0.15, -0.1) is 0 Å². The van der Waals surface area contributed by atoms with E-state index in [0.717, 1.165) is 18.4 Å². The van der Waals surface area contributed by atoms with Crippen molar-refractivity contribution in [2.24, 2.45) is 10.9 Å². The van der Waals surface area contributed by atoms with E-state index in [1.807, 2.05) is 0 Å². The standard InChI is InChI=1S/C11H12F2N2S/c1-7-5-14-11(16-6-7)15-10-3-2-8(12)4-9(10)13/h2-4,7H,5-6H2,1H3,(H,14,15). The fraction of sp³-hybridized carbons (Fsp3) is 0.364. The maximum atomic E-state index is 13.3. The summed E-state index contributed by atoms with van der Waals surface area (Å²) in [5, 5.41) is 3.57. The topological polar surface area (TPSA) is 24.4 Å². The molecule has 0 amide bonds. The van der Waals surface area contributed by atoms with Crippen LogP contribution in [0.5, 0.6) is 0 Å². The smallest absolute Gasteiger partial charge is 0.161 e. The second kappa shape index (κ2) is 4.82. The number of amidine groups is 1. The molecular weight excluding hydrogens is 230 g/mol. The molecule has 0 saturated heterocycles. The lowest BCUT2D eigenvalue weighted by molar-refractivity contribution is 0.586. The van der Waals surface area contributed by atoms with Crippen LogP contribution in [-0.4, -0.2) is 17.5 Å². The zero-order valence-electron chi connectivity index (χ0n) is 8.84. The second-order valence-corrected chi connectivity index (χ2v) is 4.82. The fourth-order valence-electron chi connectivity index (χ4n) is 1.34. The third kappa shape index (κ3) is 2.72. The lowest BCUT2D eigenvalue weighted by Crippen LogP contribution is -2.19. The Kier molecular flexibility index (Phi) is 3.43. The Labute approximate surface area is 97.1 Å². The van der Waals surface area contributed by atoms with Crippen LogP contribution >= 0.6 is 11.8 Å². The highest BCUT2D eigenvalue weighted by molar-refractivity contribution is 8.14.